The third kappa shape index (κ3) is 6.02. The van der Waals surface area contributed by atoms with Crippen LogP contribution in [0.4, 0.5) is 4.79 Å². The van der Waals surface area contributed by atoms with Crippen LogP contribution in [0.1, 0.15) is 31.9 Å². The van der Waals surface area contributed by atoms with Gasteiger partial charge in [0.15, 0.2) is 5.82 Å². The summed E-state index contributed by atoms with van der Waals surface area (Å²) in [6, 6.07) is 20.4. The normalized spacial score (nSPS) is 16.3. The van der Waals surface area contributed by atoms with Crippen LogP contribution in [0.5, 0.6) is 0 Å². The first-order valence-corrected chi connectivity index (χ1v) is 11.3. The molecule has 1 saturated heterocycles. The van der Waals surface area contributed by atoms with Crippen LogP contribution in [0, 0.1) is 0 Å². The Morgan fingerprint density at radius 3 is 1.97 bits per heavy atom. The van der Waals surface area contributed by atoms with E-state index in [-0.39, 0.29) is 6.09 Å². The second kappa shape index (κ2) is 9.92. The number of rotatable bonds is 4. The van der Waals surface area contributed by atoms with E-state index >= 15 is 0 Å². The van der Waals surface area contributed by atoms with Crippen molar-refractivity contribution in [3.63, 3.8) is 0 Å². The number of hydrogen-bond donors (Lipinski definition) is 2. The summed E-state index contributed by atoms with van der Waals surface area (Å²) < 4.78 is 5.49. The molecule has 0 bridgehead atoms. The van der Waals surface area contributed by atoms with Gasteiger partial charge in [0.2, 0.25) is 5.82 Å². The van der Waals surface area contributed by atoms with E-state index in [1.54, 1.807) is 4.90 Å². The Morgan fingerprint density at radius 2 is 1.48 bits per heavy atom. The van der Waals surface area contributed by atoms with Gasteiger partial charge in [-0.2, -0.15) is 5.43 Å². The van der Waals surface area contributed by atoms with Crippen LogP contribution < -0.4 is 10.9 Å². The van der Waals surface area contributed by atoms with Crippen molar-refractivity contribution in [1.82, 2.24) is 15.2 Å². The van der Waals surface area contributed by atoms with E-state index < -0.39 is 5.60 Å². The molecule has 2 heterocycles. The van der Waals surface area contributed by atoms with Crippen molar-refractivity contribution in [3.05, 3.63) is 95.6 Å². The standard InChI is InChI=1S/C26H31N5O2/c1-26(2,3)33-25(32)31-18-16-30(17-19-31)23-15-14-22(28-29-23)27-24(20-10-6-4-7-11-20)21-12-8-5-9-13-21/h4-15,28-29H,16-19H2,1-3H3/p+1. The highest BCUT2D eigenvalue weighted by Crippen LogP contribution is 2.15. The molecule has 2 aliphatic heterocycles. The number of nitrogens with zero attached hydrogens (tertiary/aromatic N) is 3. The molecule has 0 atom stereocenters. The monoisotopic (exact) mass is 446 g/mol. The predicted molar refractivity (Wildman–Crippen MR) is 129 cm³/mol. The summed E-state index contributed by atoms with van der Waals surface area (Å²) in [4.78, 5) is 21.3. The lowest BCUT2D eigenvalue weighted by molar-refractivity contribution is -0.673. The molecule has 7 nitrogen and oxygen atoms in total. The minimum atomic E-state index is -0.474. The lowest BCUT2D eigenvalue weighted by Crippen LogP contribution is -2.94. The zero-order valence-corrected chi connectivity index (χ0v) is 19.5. The zero-order chi connectivity index (χ0) is 23.3. The number of carbonyl (C=O) groups excluding carboxylic acids is 1. The summed E-state index contributed by atoms with van der Waals surface area (Å²) in [5, 5.41) is 0. The Labute approximate surface area is 195 Å². The molecule has 2 aromatic rings. The second-order valence-electron chi connectivity index (χ2n) is 9.08. The maximum Gasteiger partial charge on any atom is 0.410 e. The Bertz CT molecular complexity index is 1010. The van der Waals surface area contributed by atoms with Crippen LogP contribution in [0.25, 0.3) is 0 Å². The number of allylic oxidation sites excluding steroid dienone is 2. The highest BCUT2D eigenvalue weighted by Gasteiger charge is 2.28. The number of ether oxygens (including phenoxy) is 1. The minimum absolute atomic E-state index is 0.243. The van der Waals surface area contributed by atoms with Gasteiger partial charge in [-0.25, -0.2) is 15.2 Å². The van der Waals surface area contributed by atoms with Gasteiger partial charge >= 0.3 is 6.09 Å². The summed E-state index contributed by atoms with van der Waals surface area (Å²) in [5.41, 5.74) is 7.90. The van der Waals surface area contributed by atoms with Gasteiger partial charge in [-0.15, -0.1) is 0 Å². The molecule has 3 N–H and O–H groups in total. The number of aliphatic imine (C=N–C) groups is 1. The van der Waals surface area contributed by atoms with Gasteiger partial charge in [0.05, 0.1) is 5.71 Å². The molecular weight excluding hydrogens is 414 g/mol. The van der Waals surface area contributed by atoms with Crippen LogP contribution in [0.3, 0.4) is 0 Å². The van der Waals surface area contributed by atoms with Crippen molar-refractivity contribution >= 4 is 11.8 Å². The molecule has 4 rings (SSSR count). The number of quaternary nitrogens is 1. The van der Waals surface area contributed by atoms with Crippen LogP contribution in [0.15, 0.2) is 89.5 Å². The maximum absolute atomic E-state index is 12.3. The van der Waals surface area contributed by atoms with E-state index in [4.69, 9.17) is 9.73 Å². The zero-order valence-electron chi connectivity index (χ0n) is 19.5. The molecule has 0 aliphatic carbocycles. The number of nitrogens with two attached hydrogens (primary N) is 1. The fraction of sp³-hybridized carbons (Fsp3) is 0.308. The summed E-state index contributed by atoms with van der Waals surface area (Å²) >= 11 is 0. The molecule has 33 heavy (non-hydrogen) atoms. The van der Waals surface area contributed by atoms with E-state index in [9.17, 15) is 4.79 Å². The highest BCUT2D eigenvalue weighted by atomic mass is 16.6. The first kappa shape index (κ1) is 22.6. The fourth-order valence-electron chi connectivity index (χ4n) is 3.76. The molecule has 0 spiro atoms. The Morgan fingerprint density at radius 1 is 0.909 bits per heavy atom. The molecule has 1 fully saturated rings. The highest BCUT2D eigenvalue weighted by molar-refractivity contribution is 6.13. The van der Waals surface area contributed by atoms with Gasteiger partial charge in [-0.3, -0.25) is 0 Å². The van der Waals surface area contributed by atoms with Crippen LogP contribution >= 0.6 is 0 Å². The summed E-state index contributed by atoms with van der Waals surface area (Å²) in [7, 11) is 0. The molecule has 0 saturated carbocycles. The lowest BCUT2D eigenvalue weighted by atomic mass is 10.0. The first-order valence-electron chi connectivity index (χ1n) is 11.3. The third-order valence-corrected chi connectivity index (χ3v) is 5.40. The molecule has 0 radical (unpaired) electrons. The number of hydrogen-bond acceptors (Lipinski definition) is 5. The minimum Gasteiger partial charge on any atom is -0.444 e. The fourth-order valence-corrected chi connectivity index (χ4v) is 3.76. The third-order valence-electron chi connectivity index (χ3n) is 5.40. The molecule has 7 heteroatoms. The van der Waals surface area contributed by atoms with Gasteiger partial charge in [-0.1, -0.05) is 60.7 Å². The summed E-state index contributed by atoms with van der Waals surface area (Å²) in [5.74, 6) is 1.87. The van der Waals surface area contributed by atoms with E-state index in [0.29, 0.717) is 13.1 Å². The molecule has 172 valence electrons. The van der Waals surface area contributed by atoms with Gasteiger partial charge in [0.1, 0.15) is 5.60 Å². The summed E-state index contributed by atoms with van der Waals surface area (Å²) in [6.07, 6.45) is 3.83. The quantitative estimate of drug-likeness (QED) is 0.560. The van der Waals surface area contributed by atoms with Gasteiger partial charge in [0.25, 0.3) is 0 Å². The van der Waals surface area contributed by atoms with Crippen molar-refractivity contribution in [2.45, 2.75) is 26.4 Å². The van der Waals surface area contributed by atoms with Gasteiger partial charge in [-0.05, 0) is 26.8 Å². The average molecular weight is 447 g/mol. The molecule has 0 unspecified atom stereocenters. The molecule has 0 aromatic heterocycles. The lowest BCUT2D eigenvalue weighted by Gasteiger charge is -2.36. The predicted octanol–water partition coefficient (Wildman–Crippen LogP) is 2.84. The van der Waals surface area contributed by atoms with Crippen molar-refractivity contribution in [3.8, 4) is 0 Å². The van der Waals surface area contributed by atoms with Crippen molar-refractivity contribution < 1.29 is 15.0 Å². The molecule has 2 aromatic carbocycles. The van der Waals surface area contributed by atoms with E-state index in [2.05, 4.69) is 40.7 Å². The SMILES string of the molecule is CC(C)(C)OC(=O)N1CCN(C2=CC=C(N=C(c3ccccc3)c3ccccc3)N[NH2+]2)CC1. The molecule has 1 amide bonds. The maximum atomic E-state index is 12.3. The van der Waals surface area contributed by atoms with Crippen molar-refractivity contribution in [2.75, 3.05) is 26.2 Å². The number of nitrogens with one attached hydrogen (secondary N) is 1. The van der Waals surface area contributed by atoms with E-state index in [1.807, 2.05) is 68.7 Å². The second-order valence-corrected chi connectivity index (χ2v) is 9.08. The number of amides is 1. The molecular formula is C26H32N5O2+. The van der Waals surface area contributed by atoms with Gasteiger partial charge in [0, 0.05) is 43.4 Å². The Balaban J connectivity index is 1.45. The first-order chi connectivity index (χ1) is 15.9. The van der Waals surface area contributed by atoms with Crippen molar-refractivity contribution in [1.29, 1.82) is 0 Å². The summed E-state index contributed by atoms with van der Waals surface area (Å²) in [6.45, 7) is 8.47. The number of piperazine rings is 1. The van der Waals surface area contributed by atoms with Gasteiger partial charge < -0.3 is 14.5 Å². The Kier molecular flexibility index (Phi) is 6.79. The van der Waals surface area contributed by atoms with Crippen LogP contribution in [-0.4, -0.2) is 53.4 Å². The number of carbonyl (C=O) groups is 1. The van der Waals surface area contributed by atoms with E-state index in [0.717, 1.165) is 41.6 Å². The van der Waals surface area contributed by atoms with Crippen LogP contribution in [-0.2, 0) is 4.74 Å². The smallest absolute Gasteiger partial charge is 0.410 e. The topological polar surface area (TPSA) is 73.8 Å². The van der Waals surface area contributed by atoms with Crippen molar-refractivity contribution in [2.24, 2.45) is 4.99 Å². The molecule has 2 aliphatic rings. The van der Waals surface area contributed by atoms with Crippen LogP contribution in [0.2, 0.25) is 0 Å². The van der Waals surface area contributed by atoms with E-state index in [1.165, 1.54) is 0 Å². The number of benzene rings is 2. The Hall–Kier alpha value is -3.58. The average Bonchev–Trinajstić information content (AvgIpc) is 2.83. The largest absolute Gasteiger partial charge is 0.444 e.